The Morgan fingerprint density at radius 2 is 1.76 bits per heavy atom. The van der Waals surface area contributed by atoms with Crippen molar-refractivity contribution in [3.63, 3.8) is 0 Å². The van der Waals surface area contributed by atoms with Crippen LogP contribution in [0.1, 0.15) is 12.8 Å². The van der Waals surface area contributed by atoms with Crippen molar-refractivity contribution in [2.75, 3.05) is 18.4 Å². The quantitative estimate of drug-likeness (QED) is 0.873. The van der Waals surface area contributed by atoms with Crippen molar-refractivity contribution in [1.29, 1.82) is 0 Å². The zero-order valence-corrected chi connectivity index (χ0v) is 10.8. The monoisotopic (exact) mass is 284 g/mol. The van der Waals surface area contributed by atoms with E-state index in [2.05, 4.69) is 10.6 Å². The smallest absolute Gasteiger partial charge is 0.149 e. The molecular formula is C11H16Cl2F2N2. The highest BCUT2D eigenvalue weighted by Gasteiger charge is 2.14. The van der Waals surface area contributed by atoms with E-state index in [1.165, 1.54) is 12.1 Å². The van der Waals surface area contributed by atoms with Crippen LogP contribution in [0.25, 0.3) is 0 Å². The molecule has 0 saturated carbocycles. The predicted octanol–water partition coefficient (Wildman–Crippen LogP) is 2.97. The Morgan fingerprint density at radius 1 is 1.12 bits per heavy atom. The average molecular weight is 285 g/mol. The summed E-state index contributed by atoms with van der Waals surface area (Å²) in [5.74, 6) is -1.06. The zero-order chi connectivity index (χ0) is 10.7. The Morgan fingerprint density at radius 3 is 2.35 bits per heavy atom. The van der Waals surface area contributed by atoms with E-state index >= 15 is 0 Å². The maximum atomic E-state index is 13.3. The number of nitrogens with one attached hydrogen (secondary N) is 2. The molecule has 2 N–H and O–H groups in total. The Hall–Kier alpha value is -0.580. The van der Waals surface area contributed by atoms with Gasteiger partial charge in [0, 0.05) is 12.1 Å². The molecule has 6 heteroatoms. The Labute approximate surface area is 112 Å². The van der Waals surface area contributed by atoms with E-state index in [1.807, 2.05) is 0 Å². The third-order valence-electron chi connectivity index (χ3n) is 2.63. The van der Waals surface area contributed by atoms with Crippen LogP contribution >= 0.6 is 24.8 Å². The van der Waals surface area contributed by atoms with Gasteiger partial charge in [-0.3, -0.25) is 0 Å². The molecule has 2 nitrogen and oxygen atoms in total. The van der Waals surface area contributed by atoms with Gasteiger partial charge in [0.1, 0.15) is 11.6 Å². The van der Waals surface area contributed by atoms with Crippen LogP contribution in [0.2, 0.25) is 0 Å². The minimum absolute atomic E-state index is 0. The Balaban J connectivity index is 0.00000128. The Kier molecular flexibility index (Phi) is 7.43. The number of rotatable bonds is 2. The molecule has 1 aliphatic rings. The highest BCUT2D eigenvalue weighted by Crippen LogP contribution is 2.18. The van der Waals surface area contributed by atoms with Crippen LogP contribution in [-0.4, -0.2) is 19.1 Å². The van der Waals surface area contributed by atoms with Crippen LogP contribution < -0.4 is 10.6 Å². The van der Waals surface area contributed by atoms with Crippen molar-refractivity contribution in [2.45, 2.75) is 18.9 Å². The first-order valence-electron chi connectivity index (χ1n) is 5.18. The summed E-state index contributed by atoms with van der Waals surface area (Å²) in [6.45, 7) is 1.89. The van der Waals surface area contributed by atoms with E-state index in [9.17, 15) is 8.78 Å². The van der Waals surface area contributed by atoms with E-state index in [0.717, 1.165) is 32.0 Å². The fourth-order valence-electron chi connectivity index (χ4n) is 1.79. The number of halogens is 4. The van der Waals surface area contributed by atoms with Crippen molar-refractivity contribution in [2.24, 2.45) is 0 Å². The van der Waals surface area contributed by atoms with Gasteiger partial charge >= 0.3 is 0 Å². The maximum absolute atomic E-state index is 13.3. The van der Waals surface area contributed by atoms with Gasteiger partial charge < -0.3 is 10.6 Å². The molecule has 1 aromatic rings. The largest absolute Gasteiger partial charge is 0.380 e. The minimum Gasteiger partial charge on any atom is -0.380 e. The van der Waals surface area contributed by atoms with E-state index in [-0.39, 0.29) is 30.9 Å². The summed E-state index contributed by atoms with van der Waals surface area (Å²) in [6.07, 6.45) is 1.94. The Bertz CT molecular complexity index is 344. The number of piperidine rings is 1. The molecule has 1 heterocycles. The molecule has 0 bridgehead atoms. The summed E-state index contributed by atoms with van der Waals surface area (Å²) in [5.41, 5.74) is 0.392. The van der Waals surface area contributed by atoms with Crippen molar-refractivity contribution in [1.82, 2.24) is 5.32 Å². The van der Waals surface area contributed by atoms with Gasteiger partial charge in [-0.1, -0.05) is 0 Å². The van der Waals surface area contributed by atoms with Crippen LogP contribution in [0, 0.1) is 11.6 Å². The topological polar surface area (TPSA) is 24.1 Å². The molecule has 0 unspecified atom stereocenters. The van der Waals surface area contributed by atoms with E-state index in [4.69, 9.17) is 0 Å². The molecule has 0 amide bonds. The molecule has 1 saturated heterocycles. The van der Waals surface area contributed by atoms with Gasteiger partial charge in [-0.15, -0.1) is 24.8 Å². The molecule has 17 heavy (non-hydrogen) atoms. The maximum Gasteiger partial charge on any atom is 0.149 e. The highest BCUT2D eigenvalue weighted by molar-refractivity contribution is 5.85. The van der Waals surface area contributed by atoms with Gasteiger partial charge in [0.25, 0.3) is 0 Å². The molecule has 0 aliphatic carbocycles. The summed E-state index contributed by atoms with van der Waals surface area (Å²) in [6, 6.07) is 3.91. The molecule has 1 fully saturated rings. The summed E-state index contributed by atoms with van der Waals surface area (Å²) in [4.78, 5) is 0. The van der Waals surface area contributed by atoms with Crippen molar-refractivity contribution in [3.05, 3.63) is 29.8 Å². The van der Waals surface area contributed by atoms with E-state index in [0.29, 0.717) is 5.69 Å². The van der Waals surface area contributed by atoms with Crippen molar-refractivity contribution in [3.8, 4) is 0 Å². The van der Waals surface area contributed by atoms with E-state index in [1.54, 1.807) is 0 Å². The van der Waals surface area contributed by atoms with Gasteiger partial charge in [-0.05, 0) is 38.1 Å². The van der Waals surface area contributed by atoms with Crippen LogP contribution in [-0.2, 0) is 0 Å². The molecule has 98 valence electrons. The number of hydrogen-bond acceptors (Lipinski definition) is 2. The summed E-state index contributed by atoms with van der Waals surface area (Å²) >= 11 is 0. The molecule has 0 spiro atoms. The van der Waals surface area contributed by atoms with Gasteiger partial charge in [-0.25, -0.2) is 8.78 Å². The first-order chi connectivity index (χ1) is 7.25. The molecule has 1 aliphatic heterocycles. The lowest BCUT2D eigenvalue weighted by molar-refractivity contribution is 0.476. The third kappa shape index (κ3) is 4.66. The summed E-state index contributed by atoms with van der Waals surface area (Å²) in [7, 11) is 0. The number of hydrogen-bond donors (Lipinski definition) is 2. The summed E-state index contributed by atoms with van der Waals surface area (Å²) in [5, 5.41) is 6.33. The standard InChI is InChI=1S/C11H14F2N2.2ClH/c12-8-1-2-11(10(13)7-8)15-9-3-5-14-6-4-9;;/h1-2,7,9,14-15H,3-6H2;2*1H. The van der Waals surface area contributed by atoms with Gasteiger partial charge in [0.2, 0.25) is 0 Å². The lowest BCUT2D eigenvalue weighted by Gasteiger charge is -2.24. The normalized spacial score (nSPS) is 15.6. The molecule has 1 aromatic carbocycles. The molecular weight excluding hydrogens is 269 g/mol. The predicted molar refractivity (Wildman–Crippen MR) is 70.4 cm³/mol. The van der Waals surface area contributed by atoms with Gasteiger partial charge in [0.05, 0.1) is 5.69 Å². The second kappa shape index (κ2) is 7.69. The second-order valence-electron chi connectivity index (χ2n) is 3.79. The minimum atomic E-state index is -0.539. The first kappa shape index (κ1) is 16.4. The van der Waals surface area contributed by atoms with Gasteiger partial charge in [-0.2, -0.15) is 0 Å². The van der Waals surface area contributed by atoms with Crippen molar-refractivity contribution < 1.29 is 8.78 Å². The third-order valence-corrected chi connectivity index (χ3v) is 2.63. The first-order valence-corrected chi connectivity index (χ1v) is 5.18. The highest BCUT2D eigenvalue weighted by atomic mass is 35.5. The fourth-order valence-corrected chi connectivity index (χ4v) is 1.79. The lowest BCUT2D eigenvalue weighted by Crippen LogP contribution is -2.35. The number of benzene rings is 1. The number of anilines is 1. The van der Waals surface area contributed by atoms with Crippen LogP contribution in [0.5, 0.6) is 0 Å². The zero-order valence-electron chi connectivity index (χ0n) is 9.21. The summed E-state index contributed by atoms with van der Waals surface area (Å²) < 4.78 is 25.9. The molecule has 2 rings (SSSR count). The SMILES string of the molecule is Cl.Cl.Fc1ccc(NC2CCNCC2)c(F)c1. The van der Waals surface area contributed by atoms with Crippen molar-refractivity contribution >= 4 is 30.5 Å². The van der Waals surface area contributed by atoms with Crippen LogP contribution in [0.15, 0.2) is 18.2 Å². The van der Waals surface area contributed by atoms with Crippen LogP contribution in [0.3, 0.4) is 0 Å². The average Bonchev–Trinajstić information content (AvgIpc) is 2.24. The van der Waals surface area contributed by atoms with E-state index < -0.39 is 11.6 Å². The molecule has 0 atom stereocenters. The molecule has 0 aromatic heterocycles. The fraction of sp³-hybridized carbons (Fsp3) is 0.455. The van der Waals surface area contributed by atoms with Gasteiger partial charge in [0.15, 0.2) is 0 Å². The van der Waals surface area contributed by atoms with Crippen LogP contribution in [0.4, 0.5) is 14.5 Å². The molecule has 0 radical (unpaired) electrons. The lowest BCUT2D eigenvalue weighted by atomic mass is 10.1. The second-order valence-corrected chi connectivity index (χ2v) is 3.79.